The molecule has 0 saturated carbocycles. The number of rotatable bonds is 4. The maximum absolute atomic E-state index is 9.94. The third-order valence-electron chi connectivity index (χ3n) is 2.82. The smallest absolute Gasteiger partial charge is 0.122 e. The first-order valence-electron chi connectivity index (χ1n) is 5.77. The summed E-state index contributed by atoms with van der Waals surface area (Å²) in [7, 11) is 0. The van der Waals surface area contributed by atoms with Crippen LogP contribution in [0.1, 0.15) is 23.8 Å². The standard InChI is InChI=1S/C14H15NO3/c16-12-5-3-6-13(17)10(12)7-8-14(18)11-4-1-2-9-15-11/h1-6,9,14,16-18H,7-8H2/t14-/m1/s1. The molecule has 0 fully saturated rings. The minimum Gasteiger partial charge on any atom is -0.508 e. The summed E-state index contributed by atoms with van der Waals surface area (Å²) in [6.07, 6.45) is 1.69. The fourth-order valence-corrected chi connectivity index (χ4v) is 1.82. The molecule has 4 nitrogen and oxygen atoms in total. The van der Waals surface area contributed by atoms with E-state index >= 15 is 0 Å². The number of nitrogens with zero attached hydrogens (tertiary/aromatic N) is 1. The third kappa shape index (κ3) is 2.78. The van der Waals surface area contributed by atoms with Crippen LogP contribution in [0.4, 0.5) is 0 Å². The molecule has 0 amide bonds. The number of aliphatic hydroxyl groups is 1. The monoisotopic (exact) mass is 245 g/mol. The van der Waals surface area contributed by atoms with Gasteiger partial charge in [0.05, 0.1) is 11.8 Å². The van der Waals surface area contributed by atoms with Crippen LogP contribution >= 0.6 is 0 Å². The summed E-state index contributed by atoms with van der Waals surface area (Å²) in [6, 6.07) is 9.94. The number of pyridine rings is 1. The summed E-state index contributed by atoms with van der Waals surface area (Å²) in [5.41, 5.74) is 1.04. The highest BCUT2D eigenvalue weighted by Crippen LogP contribution is 2.29. The predicted octanol–water partition coefficient (Wildman–Crippen LogP) is 2.16. The van der Waals surface area contributed by atoms with Crippen LogP contribution < -0.4 is 0 Å². The minimum atomic E-state index is -0.704. The van der Waals surface area contributed by atoms with E-state index in [4.69, 9.17) is 0 Å². The molecule has 0 aliphatic rings. The van der Waals surface area contributed by atoms with E-state index in [9.17, 15) is 15.3 Å². The van der Waals surface area contributed by atoms with Crippen LogP contribution in [0.15, 0.2) is 42.6 Å². The van der Waals surface area contributed by atoms with E-state index in [-0.39, 0.29) is 11.5 Å². The number of aromatic nitrogens is 1. The Bertz CT molecular complexity index is 493. The maximum atomic E-state index is 9.94. The fourth-order valence-electron chi connectivity index (χ4n) is 1.82. The SMILES string of the molecule is Oc1cccc(O)c1CC[C@@H](O)c1ccccn1. The number of hydrogen-bond acceptors (Lipinski definition) is 4. The van der Waals surface area contributed by atoms with Crippen molar-refractivity contribution in [1.82, 2.24) is 4.98 Å². The zero-order valence-electron chi connectivity index (χ0n) is 9.82. The molecule has 0 aliphatic carbocycles. The molecule has 0 aliphatic heterocycles. The highest BCUT2D eigenvalue weighted by atomic mass is 16.3. The Balaban J connectivity index is 2.04. The molecule has 1 aromatic heterocycles. The second-order valence-electron chi connectivity index (χ2n) is 4.08. The average molecular weight is 245 g/mol. The Labute approximate surface area is 105 Å². The van der Waals surface area contributed by atoms with Gasteiger partial charge in [0, 0.05) is 11.8 Å². The third-order valence-corrected chi connectivity index (χ3v) is 2.82. The van der Waals surface area contributed by atoms with Crippen LogP contribution in [0.5, 0.6) is 11.5 Å². The van der Waals surface area contributed by atoms with E-state index in [1.807, 2.05) is 6.07 Å². The summed E-state index contributed by atoms with van der Waals surface area (Å²) in [4.78, 5) is 4.06. The molecule has 0 radical (unpaired) electrons. The molecule has 3 N–H and O–H groups in total. The molecule has 2 rings (SSSR count). The van der Waals surface area contributed by atoms with Crippen molar-refractivity contribution in [3.63, 3.8) is 0 Å². The highest BCUT2D eigenvalue weighted by molar-refractivity contribution is 5.43. The van der Waals surface area contributed by atoms with Crippen molar-refractivity contribution in [2.75, 3.05) is 0 Å². The van der Waals surface area contributed by atoms with E-state index < -0.39 is 6.10 Å². The largest absolute Gasteiger partial charge is 0.508 e. The lowest BCUT2D eigenvalue weighted by molar-refractivity contribution is 0.162. The minimum absolute atomic E-state index is 0.0446. The van der Waals surface area contributed by atoms with Gasteiger partial charge >= 0.3 is 0 Å². The van der Waals surface area contributed by atoms with E-state index in [2.05, 4.69) is 4.98 Å². The topological polar surface area (TPSA) is 73.6 Å². The molecule has 0 bridgehead atoms. The molecule has 1 atom stereocenters. The van der Waals surface area contributed by atoms with Crippen molar-refractivity contribution < 1.29 is 15.3 Å². The predicted molar refractivity (Wildman–Crippen MR) is 67.3 cm³/mol. The van der Waals surface area contributed by atoms with Crippen molar-refractivity contribution in [2.45, 2.75) is 18.9 Å². The number of benzene rings is 1. The lowest BCUT2D eigenvalue weighted by atomic mass is 10.0. The molecular weight excluding hydrogens is 230 g/mol. The Morgan fingerprint density at radius 1 is 1.00 bits per heavy atom. The van der Waals surface area contributed by atoms with Crippen molar-refractivity contribution in [3.8, 4) is 11.5 Å². The van der Waals surface area contributed by atoms with Gasteiger partial charge in [-0.15, -0.1) is 0 Å². The van der Waals surface area contributed by atoms with Gasteiger partial charge in [-0.2, -0.15) is 0 Å². The van der Waals surface area contributed by atoms with Gasteiger partial charge < -0.3 is 15.3 Å². The van der Waals surface area contributed by atoms with Crippen LogP contribution in [-0.2, 0) is 6.42 Å². The first-order valence-corrected chi connectivity index (χ1v) is 5.77. The maximum Gasteiger partial charge on any atom is 0.122 e. The Morgan fingerprint density at radius 2 is 1.72 bits per heavy atom. The summed E-state index contributed by atoms with van der Waals surface area (Å²) < 4.78 is 0. The van der Waals surface area contributed by atoms with Crippen molar-refractivity contribution in [3.05, 3.63) is 53.9 Å². The molecule has 1 heterocycles. The van der Waals surface area contributed by atoms with Gasteiger partial charge in [0.2, 0.25) is 0 Å². The van der Waals surface area contributed by atoms with Gasteiger partial charge in [-0.05, 0) is 37.1 Å². The van der Waals surface area contributed by atoms with E-state index in [1.165, 1.54) is 12.1 Å². The molecule has 94 valence electrons. The average Bonchev–Trinajstić information content (AvgIpc) is 2.39. The van der Waals surface area contributed by atoms with E-state index in [1.54, 1.807) is 24.4 Å². The van der Waals surface area contributed by atoms with Crippen molar-refractivity contribution >= 4 is 0 Å². The second kappa shape index (κ2) is 5.51. The molecular formula is C14H15NO3. The summed E-state index contributed by atoms with van der Waals surface area (Å²) in [6.45, 7) is 0. The van der Waals surface area contributed by atoms with Crippen LogP contribution in [-0.4, -0.2) is 20.3 Å². The summed E-state index contributed by atoms with van der Waals surface area (Å²) in [5.74, 6) is 0.0893. The van der Waals surface area contributed by atoms with Gasteiger partial charge in [0.25, 0.3) is 0 Å². The second-order valence-corrected chi connectivity index (χ2v) is 4.08. The van der Waals surface area contributed by atoms with E-state index in [0.717, 1.165) is 0 Å². The van der Waals surface area contributed by atoms with Crippen LogP contribution in [0.2, 0.25) is 0 Å². The lowest BCUT2D eigenvalue weighted by Crippen LogP contribution is -2.02. The van der Waals surface area contributed by atoms with Crippen molar-refractivity contribution in [2.24, 2.45) is 0 Å². The quantitative estimate of drug-likeness (QED) is 0.771. The normalized spacial score (nSPS) is 12.3. The lowest BCUT2D eigenvalue weighted by Gasteiger charge is -2.11. The zero-order valence-corrected chi connectivity index (χ0v) is 9.82. The Morgan fingerprint density at radius 3 is 2.33 bits per heavy atom. The Kier molecular flexibility index (Phi) is 3.79. The van der Waals surface area contributed by atoms with Crippen LogP contribution in [0, 0.1) is 0 Å². The number of phenolic OH excluding ortho intramolecular Hbond substituents is 2. The number of aliphatic hydroxyl groups excluding tert-OH is 1. The molecule has 4 heteroatoms. The number of aromatic hydroxyl groups is 2. The van der Waals surface area contributed by atoms with Gasteiger partial charge in [-0.25, -0.2) is 0 Å². The molecule has 18 heavy (non-hydrogen) atoms. The zero-order chi connectivity index (χ0) is 13.0. The molecule has 0 saturated heterocycles. The van der Waals surface area contributed by atoms with Crippen LogP contribution in [0.3, 0.4) is 0 Å². The summed E-state index contributed by atoms with van der Waals surface area (Å²) in [5, 5.41) is 29.2. The van der Waals surface area contributed by atoms with Gasteiger partial charge in [0.15, 0.2) is 0 Å². The fraction of sp³-hybridized carbons (Fsp3) is 0.214. The van der Waals surface area contributed by atoms with Crippen LogP contribution in [0.25, 0.3) is 0 Å². The van der Waals surface area contributed by atoms with Crippen molar-refractivity contribution in [1.29, 1.82) is 0 Å². The number of phenols is 2. The van der Waals surface area contributed by atoms with Gasteiger partial charge in [0.1, 0.15) is 11.5 Å². The van der Waals surface area contributed by atoms with E-state index in [0.29, 0.717) is 24.1 Å². The molecule has 0 unspecified atom stereocenters. The first-order chi connectivity index (χ1) is 8.68. The first kappa shape index (κ1) is 12.4. The van der Waals surface area contributed by atoms with Gasteiger partial charge in [-0.1, -0.05) is 12.1 Å². The number of hydrogen-bond donors (Lipinski definition) is 3. The highest BCUT2D eigenvalue weighted by Gasteiger charge is 2.12. The molecule has 1 aromatic carbocycles. The summed E-state index contributed by atoms with van der Waals surface area (Å²) >= 11 is 0. The van der Waals surface area contributed by atoms with Gasteiger partial charge in [-0.3, -0.25) is 4.98 Å². The molecule has 0 spiro atoms. The Hall–Kier alpha value is -2.07. The molecule has 2 aromatic rings.